The first kappa shape index (κ1) is 20.0. The van der Waals surface area contributed by atoms with Crippen LogP contribution in [0.1, 0.15) is 11.3 Å². The molecule has 1 N–H and O–H groups in total. The summed E-state index contributed by atoms with van der Waals surface area (Å²) in [5.41, 5.74) is 1.69. The second-order valence-electron chi connectivity index (χ2n) is 6.24. The van der Waals surface area contributed by atoms with E-state index in [9.17, 15) is 9.59 Å². The number of methoxy groups -OCH3 is 1. The molecule has 2 aromatic heterocycles. The first-order valence-electron chi connectivity index (χ1n) is 8.98. The van der Waals surface area contributed by atoms with Crippen LogP contribution in [-0.4, -0.2) is 38.6 Å². The third kappa shape index (κ3) is 4.66. The summed E-state index contributed by atoms with van der Waals surface area (Å²) in [6.45, 7) is 0. The van der Waals surface area contributed by atoms with Crippen molar-refractivity contribution in [3.8, 4) is 5.75 Å². The molecule has 8 nitrogen and oxygen atoms in total. The number of aromatic nitrogens is 4. The summed E-state index contributed by atoms with van der Waals surface area (Å²) in [5.74, 6) is 0.702. The number of carbonyl (C=O) groups is 1. The highest BCUT2D eigenvalue weighted by molar-refractivity contribution is 8.01. The average Bonchev–Trinajstić information content (AvgIpc) is 3.20. The van der Waals surface area contributed by atoms with Crippen LogP contribution in [0.4, 0.5) is 5.69 Å². The van der Waals surface area contributed by atoms with Gasteiger partial charge in [-0.15, -0.1) is 15.3 Å². The maximum atomic E-state index is 12.7. The van der Waals surface area contributed by atoms with Crippen LogP contribution in [-0.2, 0) is 11.2 Å². The first-order valence-corrected chi connectivity index (χ1v) is 10.8. The normalized spacial score (nSPS) is 10.8. The molecule has 0 saturated heterocycles. The Morgan fingerprint density at radius 2 is 1.90 bits per heavy atom. The Balaban J connectivity index is 1.42. The van der Waals surface area contributed by atoms with Crippen molar-refractivity contribution in [2.24, 2.45) is 0 Å². The van der Waals surface area contributed by atoms with Gasteiger partial charge in [-0.3, -0.25) is 9.59 Å². The fourth-order valence-electron chi connectivity index (χ4n) is 2.69. The van der Waals surface area contributed by atoms with Gasteiger partial charge in [0.25, 0.3) is 5.56 Å². The fraction of sp³-hybridized carbons (Fsp3) is 0.150. The third-order valence-corrected chi connectivity index (χ3v) is 6.18. The Labute approximate surface area is 179 Å². The quantitative estimate of drug-likeness (QED) is 0.442. The standard InChI is InChI=1S/C20H17N5O3S2/c1-28-15-9-7-14(8-10-15)21-17(26)12-29-20-24-25-18(27)16(22-23-19(25)30-20)11-13-5-3-2-4-6-13/h2-10H,11-12H2,1H3,(H,21,26). The van der Waals surface area contributed by atoms with Crippen LogP contribution in [0.15, 0.2) is 63.7 Å². The Morgan fingerprint density at radius 1 is 1.13 bits per heavy atom. The number of anilines is 1. The second kappa shape index (κ2) is 9.06. The smallest absolute Gasteiger partial charge is 0.297 e. The topological polar surface area (TPSA) is 98.5 Å². The molecular formula is C20H17N5O3S2. The Kier molecular flexibility index (Phi) is 6.05. The summed E-state index contributed by atoms with van der Waals surface area (Å²) in [6.07, 6.45) is 0.389. The molecule has 4 rings (SSSR count). The SMILES string of the molecule is COc1ccc(NC(=O)CSc2nn3c(=O)c(Cc4ccccc4)nnc3s2)cc1. The van der Waals surface area contributed by atoms with Crippen molar-refractivity contribution in [3.63, 3.8) is 0 Å². The van der Waals surface area contributed by atoms with Gasteiger partial charge >= 0.3 is 0 Å². The number of carbonyl (C=O) groups excluding carboxylic acids is 1. The number of rotatable bonds is 7. The van der Waals surface area contributed by atoms with E-state index in [1.165, 1.54) is 27.6 Å². The van der Waals surface area contributed by atoms with Gasteiger partial charge in [0.05, 0.1) is 12.9 Å². The largest absolute Gasteiger partial charge is 0.497 e. The minimum absolute atomic E-state index is 0.158. The van der Waals surface area contributed by atoms with Gasteiger partial charge in [0.15, 0.2) is 4.34 Å². The zero-order valence-electron chi connectivity index (χ0n) is 15.9. The number of nitrogens with zero attached hydrogens (tertiary/aromatic N) is 4. The van der Waals surface area contributed by atoms with E-state index in [1.54, 1.807) is 31.4 Å². The van der Waals surface area contributed by atoms with Crippen LogP contribution in [0.5, 0.6) is 5.75 Å². The van der Waals surface area contributed by atoms with Crippen LogP contribution in [0.3, 0.4) is 0 Å². The third-order valence-electron chi connectivity index (χ3n) is 4.15. The molecular weight excluding hydrogens is 422 g/mol. The van der Waals surface area contributed by atoms with Crippen molar-refractivity contribution in [3.05, 3.63) is 76.2 Å². The van der Waals surface area contributed by atoms with E-state index in [-0.39, 0.29) is 17.2 Å². The summed E-state index contributed by atoms with van der Waals surface area (Å²) in [6, 6.07) is 16.7. The van der Waals surface area contributed by atoms with Crippen molar-refractivity contribution in [1.82, 2.24) is 19.8 Å². The Hall–Kier alpha value is -3.24. The lowest BCUT2D eigenvalue weighted by atomic mass is 10.1. The van der Waals surface area contributed by atoms with E-state index in [2.05, 4.69) is 20.6 Å². The van der Waals surface area contributed by atoms with E-state index in [0.717, 1.165) is 11.3 Å². The molecule has 2 aromatic carbocycles. The van der Waals surface area contributed by atoms with E-state index in [4.69, 9.17) is 4.74 Å². The predicted molar refractivity (Wildman–Crippen MR) is 117 cm³/mol. The lowest BCUT2D eigenvalue weighted by molar-refractivity contribution is -0.113. The van der Waals surface area contributed by atoms with E-state index in [1.807, 2.05) is 30.3 Å². The summed E-state index contributed by atoms with van der Waals surface area (Å²) >= 11 is 2.47. The Morgan fingerprint density at radius 3 is 2.63 bits per heavy atom. The van der Waals surface area contributed by atoms with Gasteiger partial charge in [-0.2, -0.15) is 4.52 Å². The van der Waals surface area contributed by atoms with Gasteiger partial charge in [0.1, 0.15) is 11.4 Å². The lowest BCUT2D eigenvalue weighted by Crippen LogP contribution is -2.22. The molecule has 0 atom stereocenters. The molecule has 1 amide bonds. The molecule has 0 radical (unpaired) electrons. The molecule has 0 bridgehead atoms. The van der Waals surface area contributed by atoms with E-state index in [0.29, 0.717) is 27.1 Å². The number of fused-ring (bicyclic) bond motifs is 1. The number of hydrogen-bond donors (Lipinski definition) is 1. The van der Waals surface area contributed by atoms with Gasteiger partial charge in [0, 0.05) is 12.1 Å². The zero-order valence-corrected chi connectivity index (χ0v) is 17.6. The van der Waals surface area contributed by atoms with Gasteiger partial charge in [-0.25, -0.2) is 0 Å². The number of ether oxygens (including phenoxy) is 1. The molecule has 0 unspecified atom stereocenters. The second-order valence-corrected chi connectivity index (χ2v) is 8.42. The van der Waals surface area contributed by atoms with Crippen LogP contribution in [0, 0.1) is 0 Å². The average molecular weight is 440 g/mol. The van der Waals surface area contributed by atoms with E-state index < -0.39 is 0 Å². The minimum Gasteiger partial charge on any atom is -0.497 e. The predicted octanol–water partition coefficient (Wildman–Crippen LogP) is 2.88. The van der Waals surface area contributed by atoms with Crippen molar-refractivity contribution < 1.29 is 9.53 Å². The van der Waals surface area contributed by atoms with Gasteiger partial charge in [0.2, 0.25) is 10.9 Å². The van der Waals surface area contributed by atoms with Crippen LogP contribution < -0.4 is 15.6 Å². The van der Waals surface area contributed by atoms with Gasteiger partial charge in [-0.1, -0.05) is 53.4 Å². The van der Waals surface area contributed by atoms with Crippen LogP contribution in [0.2, 0.25) is 0 Å². The lowest BCUT2D eigenvalue weighted by Gasteiger charge is -2.05. The molecule has 0 aliphatic carbocycles. The summed E-state index contributed by atoms with van der Waals surface area (Å²) in [7, 11) is 1.59. The number of amides is 1. The van der Waals surface area contributed by atoms with Crippen molar-refractivity contribution >= 4 is 39.7 Å². The number of nitrogens with one attached hydrogen (secondary N) is 1. The van der Waals surface area contributed by atoms with Crippen molar-refractivity contribution in [2.45, 2.75) is 10.8 Å². The summed E-state index contributed by atoms with van der Waals surface area (Å²) in [4.78, 5) is 25.3. The number of thioether (sulfide) groups is 1. The molecule has 0 spiro atoms. The Bertz CT molecular complexity index is 1220. The maximum absolute atomic E-state index is 12.7. The molecule has 10 heteroatoms. The van der Waals surface area contributed by atoms with Crippen molar-refractivity contribution in [2.75, 3.05) is 18.2 Å². The van der Waals surface area contributed by atoms with Gasteiger partial charge in [-0.05, 0) is 29.8 Å². The molecule has 0 aliphatic rings. The molecule has 2 heterocycles. The van der Waals surface area contributed by atoms with Crippen LogP contribution in [0.25, 0.3) is 4.96 Å². The molecule has 0 saturated carbocycles. The number of benzene rings is 2. The molecule has 30 heavy (non-hydrogen) atoms. The highest BCUT2D eigenvalue weighted by Gasteiger charge is 2.14. The molecule has 0 aliphatic heterocycles. The first-order chi connectivity index (χ1) is 14.6. The highest BCUT2D eigenvalue weighted by atomic mass is 32.2. The van der Waals surface area contributed by atoms with Crippen LogP contribution >= 0.6 is 23.1 Å². The molecule has 4 aromatic rings. The van der Waals surface area contributed by atoms with Gasteiger partial charge < -0.3 is 10.1 Å². The summed E-state index contributed by atoms with van der Waals surface area (Å²) in [5, 5.41) is 15.3. The minimum atomic E-state index is -0.297. The van der Waals surface area contributed by atoms with Crippen molar-refractivity contribution in [1.29, 1.82) is 0 Å². The fourth-order valence-corrected chi connectivity index (χ4v) is 4.36. The maximum Gasteiger partial charge on any atom is 0.297 e. The molecule has 0 fully saturated rings. The van der Waals surface area contributed by atoms with E-state index >= 15 is 0 Å². The zero-order chi connectivity index (χ0) is 20.9. The summed E-state index contributed by atoms with van der Waals surface area (Å²) < 4.78 is 6.92. The highest BCUT2D eigenvalue weighted by Crippen LogP contribution is 2.23. The monoisotopic (exact) mass is 439 g/mol. The molecule has 152 valence electrons. The number of hydrogen-bond acceptors (Lipinski definition) is 8.